The van der Waals surface area contributed by atoms with Crippen molar-refractivity contribution in [1.29, 1.82) is 0 Å². The van der Waals surface area contributed by atoms with Crippen molar-refractivity contribution in [3.8, 4) is 0 Å². The van der Waals surface area contributed by atoms with Crippen molar-refractivity contribution in [2.45, 2.75) is 31.8 Å². The lowest BCUT2D eigenvalue weighted by atomic mass is 9.75. The lowest BCUT2D eigenvalue weighted by Gasteiger charge is -2.37. The molecule has 4 nitrogen and oxygen atoms in total. The van der Waals surface area contributed by atoms with Gasteiger partial charge in [0.25, 0.3) is 0 Å². The van der Waals surface area contributed by atoms with Crippen LogP contribution < -0.4 is 0 Å². The van der Waals surface area contributed by atoms with Crippen LogP contribution in [0.15, 0.2) is 0 Å². The molecular formula is C10H14O4. The molecule has 1 aliphatic carbocycles. The fraction of sp³-hybridized carbons (Fsp3) is 0.800. The Kier molecular flexibility index (Phi) is 2.44. The maximum absolute atomic E-state index is 11.4. The molecular weight excluding hydrogens is 184 g/mol. The van der Waals surface area contributed by atoms with Gasteiger partial charge in [-0.2, -0.15) is 0 Å². The van der Waals surface area contributed by atoms with E-state index in [1.807, 2.05) is 0 Å². The number of methoxy groups -OCH3 is 1. The molecule has 0 aromatic rings. The van der Waals surface area contributed by atoms with Crippen molar-refractivity contribution in [3.63, 3.8) is 0 Å². The van der Waals surface area contributed by atoms with E-state index in [-0.39, 0.29) is 29.9 Å². The first-order valence-corrected chi connectivity index (χ1v) is 4.98. The number of ether oxygens (including phenoxy) is 2. The molecule has 1 saturated carbocycles. The van der Waals surface area contributed by atoms with Gasteiger partial charge in [0.15, 0.2) is 0 Å². The van der Waals surface area contributed by atoms with E-state index in [2.05, 4.69) is 0 Å². The van der Waals surface area contributed by atoms with Crippen LogP contribution in [0.25, 0.3) is 0 Å². The SMILES string of the molecule is COC(=O)C1CCC2CC1CC(=O)O2. The van der Waals surface area contributed by atoms with Gasteiger partial charge in [0, 0.05) is 6.42 Å². The summed E-state index contributed by atoms with van der Waals surface area (Å²) in [6.07, 6.45) is 2.82. The maximum atomic E-state index is 11.4. The van der Waals surface area contributed by atoms with Gasteiger partial charge < -0.3 is 9.47 Å². The van der Waals surface area contributed by atoms with Gasteiger partial charge in [-0.15, -0.1) is 0 Å². The molecule has 1 aliphatic heterocycles. The molecule has 2 bridgehead atoms. The lowest BCUT2D eigenvalue weighted by Crippen LogP contribution is -2.41. The Balaban J connectivity index is 2.07. The number of carbonyl (C=O) groups is 2. The van der Waals surface area contributed by atoms with E-state index < -0.39 is 0 Å². The summed E-state index contributed by atoms with van der Waals surface area (Å²) < 4.78 is 9.85. The molecule has 3 atom stereocenters. The van der Waals surface area contributed by atoms with Gasteiger partial charge in [-0.05, 0) is 25.2 Å². The van der Waals surface area contributed by atoms with Gasteiger partial charge in [0.1, 0.15) is 6.10 Å². The van der Waals surface area contributed by atoms with Gasteiger partial charge in [0.2, 0.25) is 0 Å². The van der Waals surface area contributed by atoms with Crippen LogP contribution in [0.4, 0.5) is 0 Å². The van der Waals surface area contributed by atoms with E-state index >= 15 is 0 Å². The van der Waals surface area contributed by atoms with Crippen molar-refractivity contribution in [2.24, 2.45) is 11.8 Å². The van der Waals surface area contributed by atoms with E-state index in [1.54, 1.807) is 0 Å². The molecule has 3 unspecified atom stereocenters. The Bertz CT molecular complexity index is 261. The third-order valence-corrected chi connectivity index (χ3v) is 3.17. The first kappa shape index (κ1) is 9.49. The zero-order chi connectivity index (χ0) is 10.1. The van der Waals surface area contributed by atoms with E-state index in [0.29, 0.717) is 6.42 Å². The third-order valence-electron chi connectivity index (χ3n) is 3.17. The summed E-state index contributed by atoms with van der Waals surface area (Å²) in [5.74, 6) is -0.297. The fourth-order valence-corrected chi connectivity index (χ4v) is 2.46. The Morgan fingerprint density at radius 2 is 2.29 bits per heavy atom. The highest BCUT2D eigenvalue weighted by molar-refractivity contribution is 5.76. The molecule has 1 heterocycles. The van der Waals surface area contributed by atoms with Gasteiger partial charge in [-0.1, -0.05) is 0 Å². The number of esters is 2. The smallest absolute Gasteiger partial charge is 0.308 e. The minimum Gasteiger partial charge on any atom is -0.469 e. The summed E-state index contributed by atoms with van der Waals surface area (Å²) in [6.45, 7) is 0. The minimum absolute atomic E-state index is 0.0437. The number of hydrogen-bond donors (Lipinski definition) is 0. The second-order valence-electron chi connectivity index (χ2n) is 4.02. The highest BCUT2D eigenvalue weighted by Gasteiger charge is 2.41. The third kappa shape index (κ3) is 1.61. The Labute approximate surface area is 82.6 Å². The average molecular weight is 198 g/mol. The van der Waals surface area contributed by atoms with E-state index in [0.717, 1.165) is 19.3 Å². The zero-order valence-corrected chi connectivity index (χ0v) is 8.19. The summed E-state index contributed by atoms with van der Waals surface area (Å²) in [5, 5.41) is 0. The fourth-order valence-electron chi connectivity index (χ4n) is 2.46. The van der Waals surface area contributed by atoms with Crippen LogP contribution in [0.1, 0.15) is 25.7 Å². The van der Waals surface area contributed by atoms with E-state index in [4.69, 9.17) is 9.47 Å². The van der Waals surface area contributed by atoms with Crippen molar-refractivity contribution in [2.75, 3.05) is 7.11 Å². The highest BCUT2D eigenvalue weighted by Crippen LogP contribution is 2.38. The van der Waals surface area contributed by atoms with Crippen LogP contribution >= 0.6 is 0 Å². The first-order chi connectivity index (χ1) is 6.70. The molecule has 0 radical (unpaired) electrons. The van der Waals surface area contributed by atoms with Gasteiger partial charge in [0.05, 0.1) is 13.0 Å². The summed E-state index contributed by atoms with van der Waals surface area (Å²) >= 11 is 0. The van der Waals surface area contributed by atoms with Crippen molar-refractivity contribution < 1.29 is 19.1 Å². The van der Waals surface area contributed by atoms with Crippen molar-refractivity contribution in [1.82, 2.24) is 0 Å². The predicted octanol–water partition coefficient (Wildman–Crippen LogP) is 0.891. The molecule has 2 fully saturated rings. The lowest BCUT2D eigenvalue weighted by molar-refractivity contribution is -0.167. The summed E-state index contributed by atoms with van der Waals surface area (Å²) in [4.78, 5) is 22.6. The number of fused-ring (bicyclic) bond motifs is 2. The molecule has 2 aliphatic rings. The van der Waals surface area contributed by atoms with Crippen molar-refractivity contribution >= 4 is 11.9 Å². The summed E-state index contributed by atoms with van der Waals surface area (Å²) in [6, 6.07) is 0. The molecule has 78 valence electrons. The first-order valence-electron chi connectivity index (χ1n) is 4.98. The molecule has 4 heteroatoms. The Morgan fingerprint density at radius 1 is 1.50 bits per heavy atom. The number of carbonyl (C=O) groups excluding carboxylic acids is 2. The van der Waals surface area contributed by atoms with E-state index in [1.165, 1.54) is 7.11 Å². The van der Waals surface area contributed by atoms with E-state index in [9.17, 15) is 9.59 Å². The second-order valence-corrected chi connectivity index (χ2v) is 4.02. The second kappa shape index (κ2) is 3.59. The Morgan fingerprint density at radius 3 is 3.00 bits per heavy atom. The standard InChI is InChI=1S/C10H14O4/c1-13-10(12)8-3-2-7-4-6(8)5-9(11)14-7/h6-8H,2-5H2,1H3. The normalized spacial score (nSPS) is 36.1. The molecule has 0 amide bonds. The Hall–Kier alpha value is -1.06. The number of hydrogen-bond acceptors (Lipinski definition) is 4. The quantitative estimate of drug-likeness (QED) is 0.587. The van der Waals surface area contributed by atoms with Crippen molar-refractivity contribution in [3.05, 3.63) is 0 Å². The number of rotatable bonds is 1. The average Bonchev–Trinajstić information content (AvgIpc) is 2.16. The predicted molar refractivity (Wildman–Crippen MR) is 47.3 cm³/mol. The topological polar surface area (TPSA) is 52.6 Å². The minimum atomic E-state index is -0.178. The van der Waals surface area contributed by atoms with Crippen LogP contribution in [0.5, 0.6) is 0 Å². The van der Waals surface area contributed by atoms with Crippen LogP contribution in [0.2, 0.25) is 0 Å². The van der Waals surface area contributed by atoms with Gasteiger partial charge >= 0.3 is 11.9 Å². The molecule has 2 rings (SSSR count). The molecule has 14 heavy (non-hydrogen) atoms. The monoisotopic (exact) mass is 198 g/mol. The van der Waals surface area contributed by atoms with Crippen LogP contribution in [-0.2, 0) is 19.1 Å². The van der Waals surface area contributed by atoms with Crippen LogP contribution in [0.3, 0.4) is 0 Å². The van der Waals surface area contributed by atoms with Gasteiger partial charge in [-0.3, -0.25) is 9.59 Å². The van der Waals surface area contributed by atoms with Crippen LogP contribution in [0, 0.1) is 11.8 Å². The molecule has 0 N–H and O–H groups in total. The van der Waals surface area contributed by atoms with Crippen LogP contribution in [-0.4, -0.2) is 25.2 Å². The largest absolute Gasteiger partial charge is 0.469 e. The molecule has 0 aromatic heterocycles. The molecule has 1 saturated heterocycles. The molecule has 0 spiro atoms. The highest BCUT2D eigenvalue weighted by atomic mass is 16.5. The maximum Gasteiger partial charge on any atom is 0.308 e. The zero-order valence-electron chi connectivity index (χ0n) is 8.19. The molecule has 0 aromatic carbocycles. The summed E-state index contributed by atoms with van der Waals surface area (Å²) in [5.41, 5.74) is 0. The van der Waals surface area contributed by atoms with Gasteiger partial charge in [-0.25, -0.2) is 0 Å². The summed E-state index contributed by atoms with van der Waals surface area (Å²) in [7, 11) is 1.40.